The highest BCUT2D eigenvalue weighted by Gasteiger charge is 2.13. The Bertz CT molecular complexity index is 918. The second-order valence-corrected chi connectivity index (χ2v) is 7.01. The molecule has 3 nitrogen and oxygen atoms in total. The third-order valence-electron chi connectivity index (χ3n) is 3.56. The van der Waals surface area contributed by atoms with Crippen LogP contribution in [0.15, 0.2) is 35.7 Å². The Hall–Kier alpha value is -1.75. The number of benzene rings is 2. The molecule has 0 aliphatic rings. The van der Waals surface area contributed by atoms with E-state index in [4.69, 9.17) is 32.7 Å². The van der Waals surface area contributed by atoms with Crippen LogP contribution in [0.4, 0.5) is 0 Å². The third-order valence-corrected chi connectivity index (χ3v) is 5.24. The fourth-order valence-corrected chi connectivity index (χ4v) is 3.82. The van der Waals surface area contributed by atoms with Gasteiger partial charge in [-0.25, -0.2) is 0 Å². The normalized spacial score (nSPS) is 10.8. The van der Waals surface area contributed by atoms with Crippen LogP contribution in [-0.2, 0) is 11.4 Å². The number of hydrogen-bond acceptors (Lipinski definition) is 4. The summed E-state index contributed by atoms with van der Waals surface area (Å²) in [6.07, 6.45) is 0. The molecule has 0 bridgehead atoms. The van der Waals surface area contributed by atoms with Gasteiger partial charge in [0, 0.05) is 43.6 Å². The largest absolute Gasteiger partial charge is 0.489 e. The van der Waals surface area contributed by atoms with E-state index in [0.29, 0.717) is 22.4 Å². The molecule has 3 aromatic rings. The lowest BCUT2D eigenvalue weighted by atomic mass is 10.1. The molecule has 0 N–H and O–H groups in total. The molecule has 6 heteroatoms. The van der Waals surface area contributed by atoms with E-state index in [1.165, 1.54) is 18.3 Å². The zero-order valence-corrected chi connectivity index (χ0v) is 15.4. The minimum absolute atomic E-state index is 0.329. The quantitative estimate of drug-likeness (QED) is 0.519. The molecule has 0 aliphatic carbocycles. The molecule has 3 rings (SSSR count). The van der Waals surface area contributed by atoms with Crippen LogP contribution < -0.4 is 9.47 Å². The molecular weight excluding hydrogens is 367 g/mol. The lowest BCUT2D eigenvalue weighted by Gasteiger charge is -2.11. The molecule has 24 heavy (non-hydrogen) atoms. The van der Waals surface area contributed by atoms with Crippen molar-refractivity contribution in [3.05, 3.63) is 56.9 Å². The highest BCUT2D eigenvalue weighted by molar-refractivity contribution is 7.17. The van der Waals surface area contributed by atoms with Crippen molar-refractivity contribution < 1.29 is 14.3 Å². The van der Waals surface area contributed by atoms with Gasteiger partial charge in [-0.3, -0.25) is 4.79 Å². The van der Waals surface area contributed by atoms with E-state index < -0.39 is 0 Å². The van der Waals surface area contributed by atoms with Crippen molar-refractivity contribution in [1.82, 2.24) is 0 Å². The summed E-state index contributed by atoms with van der Waals surface area (Å²) in [6.45, 7) is 3.73. The molecule has 0 atom stereocenters. The van der Waals surface area contributed by atoms with Gasteiger partial charge in [0.15, 0.2) is 0 Å². The molecule has 1 heterocycles. The minimum atomic E-state index is -0.329. The zero-order chi connectivity index (χ0) is 17.3. The topological polar surface area (TPSA) is 35.5 Å². The van der Waals surface area contributed by atoms with Crippen molar-refractivity contribution in [3.63, 3.8) is 0 Å². The molecule has 0 spiro atoms. The maximum atomic E-state index is 11.2. The van der Waals surface area contributed by atoms with Gasteiger partial charge < -0.3 is 9.47 Å². The number of ether oxygens (including phenoxy) is 2. The lowest BCUT2D eigenvalue weighted by molar-refractivity contribution is -0.131. The van der Waals surface area contributed by atoms with Gasteiger partial charge in [0.1, 0.15) is 18.1 Å². The SMILES string of the molecule is CC(=O)Oc1csc2c(C)c(OCc3ccc(Cl)cc3Cl)ccc12. The Balaban J connectivity index is 1.85. The fourth-order valence-electron chi connectivity index (χ4n) is 2.38. The number of hydrogen-bond donors (Lipinski definition) is 0. The van der Waals surface area contributed by atoms with Crippen LogP contribution >= 0.6 is 34.5 Å². The van der Waals surface area contributed by atoms with Crippen LogP contribution in [0.5, 0.6) is 11.5 Å². The highest BCUT2D eigenvalue weighted by atomic mass is 35.5. The maximum absolute atomic E-state index is 11.2. The molecule has 0 amide bonds. The third kappa shape index (κ3) is 3.51. The molecule has 124 valence electrons. The van der Waals surface area contributed by atoms with Crippen molar-refractivity contribution in [2.75, 3.05) is 0 Å². The first kappa shape index (κ1) is 17.1. The summed E-state index contributed by atoms with van der Waals surface area (Å²) in [4.78, 5) is 11.2. The molecule has 0 saturated carbocycles. The number of carbonyl (C=O) groups excluding carboxylic acids is 1. The van der Waals surface area contributed by atoms with Gasteiger partial charge in [-0.2, -0.15) is 0 Å². The highest BCUT2D eigenvalue weighted by Crippen LogP contribution is 2.38. The first-order valence-corrected chi connectivity index (χ1v) is 8.85. The van der Waals surface area contributed by atoms with E-state index in [2.05, 4.69) is 0 Å². The predicted molar refractivity (Wildman–Crippen MR) is 98.7 cm³/mol. The number of esters is 1. The average molecular weight is 381 g/mol. The van der Waals surface area contributed by atoms with Crippen molar-refractivity contribution in [2.24, 2.45) is 0 Å². The summed E-state index contributed by atoms with van der Waals surface area (Å²) in [5.41, 5.74) is 1.87. The summed E-state index contributed by atoms with van der Waals surface area (Å²) in [6, 6.07) is 9.11. The smallest absolute Gasteiger partial charge is 0.308 e. The number of carbonyl (C=O) groups is 1. The average Bonchev–Trinajstić information content (AvgIpc) is 2.91. The zero-order valence-electron chi connectivity index (χ0n) is 13.1. The first-order valence-electron chi connectivity index (χ1n) is 7.21. The van der Waals surface area contributed by atoms with E-state index >= 15 is 0 Å². The fraction of sp³-hybridized carbons (Fsp3) is 0.167. The summed E-state index contributed by atoms with van der Waals surface area (Å²) >= 11 is 13.6. The number of thiophene rings is 1. The van der Waals surface area contributed by atoms with Gasteiger partial charge in [0.25, 0.3) is 0 Å². The molecular formula is C18H14Cl2O3S. The molecule has 0 radical (unpaired) electrons. The maximum Gasteiger partial charge on any atom is 0.308 e. The van der Waals surface area contributed by atoms with Crippen LogP contribution in [0.2, 0.25) is 10.0 Å². The van der Waals surface area contributed by atoms with E-state index in [0.717, 1.165) is 27.0 Å². The summed E-state index contributed by atoms with van der Waals surface area (Å²) in [5.74, 6) is 1.02. The van der Waals surface area contributed by atoms with E-state index in [1.54, 1.807) is 12.1 Å². The molecule has 1 aromatic heterocycles. The van der Waals surface area contributed by atoms with Gasteiger partial charge in [-0.15, -0.1) is 11.3 Å². The van der Waals surface area contributed by atoms with Gasteiger partial charge >= 0.3 is 5.97 Å². The van der Waals surface area contributed by atoms with E-state index in [1.807, 2.05) is 30.5 Å². The first-order chi connectivity index (χ1) is 11.5. The summed E-state index contributed by atoms with van der Waals surface area (Å²) in [7, 11) is 0. The Morgan fingerprint density at radius 1 is 1.17 bits per heavy atom. The van der Waals surface area contributed by atoms with E-state index in [-0.39, 0.29) is 5.97 Å². The predicted octanol–water partition coefficient (Wildman–Crippen LogP) is 6.02. The second kappa shape index (κ2) is 7.01. The van der Waals surface area contributed by atoms with Gasteiger partial charge in [-0.1, -0.05) is 29.3 Å². The molecule has 0 fully saturated rings. The Morgan fingerprint density at radius 2 is 1.96 bits per heavy atom. The Labute approximate surface area is 153 Å². The molecule has 0 aliphatic heterocycles. The van der Waals surface area contributed by atoms with Crippen LogP contribution in [0, 0.1) is 6.92 Å². The van der Waals surface area contributed by atoms with Crippen molar-refractivity contribution >= 4 is 50.6 Å². The van der Waals surface area contributed by atoms with Crippen LogP contribution in [0.1, 0.15) is 18.1 Å². The monoisotopic (exact) mass is 380 g/mol. The molecule has 0 saturated heterocycles. The van der Waals surface area contributed by atoms with Crippen molar-refractivity contribution in [1.29, 1.82) is 0 Å². The van der Waals surface area contributed by atoms with Crippen LogP contribution in [0.3, 0.4) is 0 Å². The number of aryl methyl sites for hydroxylation is 1. The summed E-state index contributed by atoms with van der Waals surface area (Å²) < 4.78 is 12.2. The van der Waals surface area contributed by atoms with Gasteiger partial charge in [0.2, 0.25) is 0 Å². The van der Waals surface area contributed by atoms with Crippen molar-refractivity contribution in [2.45, 2.75) is 20.5 Å². The van der Waals surface area contributed by atoms with Crippen LogP contribution in [0.25, 0.3) is 10.1 Å². The number of rotatable bonds is 4. The van der Waals surface area contributed by atoms with Crippen molar-refractivity contribution in [3.8, 4) is 11.5 Å². The molecule has 0 unspecified atom stereocenters. The minimum Gasteiger partial charge on any atom is -0.489 e. The number of fused-ring (bicyclic) bond motifs is 1. The molecule has 2 aromatic carbocycles. The Kier molecular flexibility index (Phi) is 4.99. The van der Waals surface area contributed by atoms with Gasteiger partial charge in [0.05, 0.1) is 0 Å². The second-order valence-electron chi connectivity index (χ2n) is 5.28. The number of halogens is 2. The Morgan fingerprint density at radius 3 is 2.67 bits per heavy atom. The van der Waals surface area contributed by atoms with Gasteiger partial charge in [-0.05, 0) is 31.2 Å². The van der Waals surface area contributed by atoms with Crippen LogP contribution in [-0.4, -0.2) is 5.97 Å². The standard InChI is InChI=1S/C18H14Cl2O3S/c1-10-16(22-8-12-3-4-13(19)7-15(12)20)6-5-14-17(23-11(2)21)9-24-18(10)14/h3-7,9H,8H2,1-2H3. The summed E-state index contributed by atoms with van der Waals surface area (Å²) in [5, 5.41) is 3.91. The lowest BCUT2D eigenvalue weighted by Crippen LogP contribution is -2.00. The van der Waals surface area contributed by atoms with E-state index in [9.17, 15) is 4.79 Å².